The summed E-state index contributed by atoms with van der Waals surface area (Å²) in [4.78, 5) is 11.7. The van der Waals surface area contributed by atoms with Crippen LogP contribution in [0.3, 0.4) is 0 Å². The van der Waals surface area contributed by atoms with Gasteiger partial charge in [-0.25, -0.2) is 4.79 Å². The lowest BCUT2D eigenvalue weighted by molar-refractivity contribution is 0.0518. The predicted molar refractivity (Wildman–Crippen MR) is 82.1 cm³/mol. The number of hydrogen-bond donors (Lipinski definition) is 3. The van der Waals surface area contributed by atoms with Crippen molar-refractivity contribution < 1.29 is 14.6 Å². The van der Waals surface area contributed by atoms with Gasteiger partial charge < -0.3 is 20.5 Å². The highest BCUT2D eigenvalue weighted by atomic mass is 16.6. The summed E-state index contributed by atoms with van der Waals surface area (Å²) in [5, 5.41) is 16.1. The number of carbonyl (C=O) groups excluding carboxylic acids is 1. The summed E-state index contributed by atoms with van der Waals surface area (Å²) in [6.07, 6.45) is 5.83. The molecule has 0 aliphatic heterocycles. The summed E-state index contributed by atoms with van der Waals surface area (Å²) in [6.45, 7) is 6.24. The lowest BCUT2D eigenvalue weighted by atomic mass is 9.92. The van der Waals surface area contributed by atoms with Gasteiger partial charge >= 0.3 is 6.09 Å². The first-order chi connectivity index (χ1) is 9.83. The third-order valence-corrected chi connectivity index (χ3v) is 4.20. The van der Waals surface area contributed by atoms with E-state index in [-0.39, 0.29) is 12.2 Å². The van der Waals surface area contributed by atoms with Crippen molar-refractivity contribution in [1.82, 2.24) is 10.6 Å². The van der Waals surface area contributed by atoms with E-state index >= 15 is 0 Å². The Morgan fingerprint density at radius 1 is 1.19 bits per heavy atom. The topological polar surface area (TPSA) is 70.6 Å². The molecule has 2 aliphatic carbocycles. The Kier molecular flexibility index (Phi) is 5.49. The van der Waals surface area contributed by atoms with Gasteiger partial charge in [0.25, 0.3) is 0 Å². The van der Waals surface area contributed by atoms with E-state index in [4.69, 9.17) is 4.74 Å². The molecule has 2 rings (SSSR count). The number of aliphatic hydroxyl groups excluding tert-OH is 1. The van der Waals surface area contributed by atoms with Crippen LogP contribution in [0.25, 0.3) is 0 Å². The fourth-order valence-corrected chi connectivity index (χ4v) is 2.91. The van der Waals surface area contributed by atoms with Gasteiger partial charge in [0.05, 0.1) is 6.10 Å². The molecule has 0 bridgehead atoms. The largest absolute Gasteiger partial charge is 0.444 e. The summed E-state index contributed by atoms with van der Waals surface area (Å²) >= 11 is 0. The minimum atomic E-state index is -0.452. The summed E-state index contributed by atoms with van der Waals surface area (Å²) in [6, 6.07) is 0.803. The van der Waals surface area contributed by atoms with Crippen LogP contribution in [-0.4, -0.2) is 41.5 Å². The number of rotatable bonds is 5. The van der Waals surface area contributed by atoms with E-state index in [9.17, 15) is 9.90 Å². The van der Waals surface area contributed by atoms with Gasteiger partial charge in [-0.15, -0.1) is 0 Å². The predicted octanol–water partition coefficient (Wildman–Crippen LogP) is 2.18. The number of carbonyl (C=O) groups is 1. The first-order valence-electron chi connectivity index (χ1n) is 8.24. The van der Waals surface area contributed by atoms with Crippen molar-refractivity contribution in [3.8, 4) is 0 Å². The van der Waals surface area contributed by atoms with Crippen LogP contribution in [0.2, 0.25) is 0 Å². The van der Waals surface area contributed by atoms with E-state index in [1.807, 2.05) is 20.8 Å². The van der Waals surface area contributed by atoms with Gasteiger partial charge in [-0.3, -0.25) is 0 Å². The zero-order chi connectivity index (χ0) is 15.5. The maximum atomic E-state index is 11.7. The first-order valence-corrected chi connectivity index (χ1v) is 8.24. The number of ether oxygens (including phenoxy) is 1. The van der Waals surface area contributed by atoms with Crippen LogP contribution in [0.15, 0.2) is 0 Å². The summed E-state index contributed by atoms with van der Waals surface area (Å²) < 4.78 is 5.28. The van der Waals surface area contributed by atoms with E-state index in [1.165, 1.54) is 12.8 Å². The second-order valence-electron chi connectivity index (χ2n) is 7.50. The van der Waals surface area contributed by atoms with Crippen LogP contribution >= 0.6 is 0 Å². The van der Waals surface area contributed by atoms with Crippen molar-refractivity contribution in [3.63, 3.8) is 0 Å². The van der Waals surface area contributed by atoms with Crippen molar-refractivity contribution >= 4 is 6.09 Å². The van der Waals surface area contributed by atoms with E-state index in [1.54, 1.807) is 0 Å². The van der Waals surface area contributed by atoms with Gasteiger partial charge in [0.15, 0.2) is 0 Å². The lowest BCUT2D eigenvalue weighted by Crippen LogP contribution is -2.48. The molecular weight excluding hydrogens is 268 g/mol. The number of alkyl carbamates (subject to hydrolysis) is 1. The van der Waals surface area contributed by atoms with Crippen molar-refractivity contribution in [1.29, 1.82) is 0 Å². The number of aliphatic hydroxyl groups is 1. The molecule has 3 N–H and O–H groups in total. The normalized spacial score (nSPS) is 28.0. The molecule has 0 saturated heterocycles. The molecule has 1 unspecified atom stereocenters. The quantitative estimate of drug-likeness (QED) is 0.727. The molecule has 0 aromatic heterocycles. The van der Waals surface area contributed by atoms with E-state index < -0.39 is 5.60 Å². The van der Waals surface area contributed by atoms with Gasteiger partial charge in [0.1, 0.15) is 5.60 Å². The molecule has 1 amide bonds. The summed E-state index contributed by atoms with van der Waals surface area (Å²) in [5.41, 5.74) is -0.452. The molecule has 5 nitrogen and oxygen atoms in total. The fraction of sp³-hybridized carbons (Fsp3) is 0.938. The minimum absolute atomic E-state index is 0.123. The first kappa shape index (κ1) is 16.6. The fourth-order valence-electron chi connectivity index (χ4n) is 2.91. The molecule has 2 fully saturated rings. The van der Waals surface area contributed by atoms with Crippen molar-refractivity contribution in [3.05, 3.63) is 0 Å². The van der Waals surface area contributed by atoms with Gasteiger partial charge in [-0.1, -0.05) is 0 Å². The highest BCUT2D eigenvalue weighted by Crippen LogP contribution is 2.33. The maximum Gasteiger partial charge on any atom is 0.407 e. The average Bonchev–Trinajstić information content (AvgIpc) is 3.19. The highest BCUT2D eigenvalue weighted by molar-refractivity contribution is 5.67. The number of nitrogens with one attached hydrogen (secondary N) is 2. The van der Waals surface area contributed by atoms with Gasteiger partial charge in [-0.2, -0.15) is 0 Å². The molecular formula is C16H30N2O3. The zero-order valence-electron chi connectivity index (χ0n) is 13.5. The van der Waals surface area contributed by atoms with E-state index in [0.717, 1.165) is 25.7 Å². The van der Waals surface area contributed by atoms with E-state index in [0.29, 0.717) is 24.5 Å². The average molecular weight is 298 g/mol. The molecule has 0 aromatic rings. The van der Waals surface area contributed by atoms with Crippen LogP contribution in [0.5, 0.6) is 0 Å². The van der Waals surface area contributed by atoms with E-state index in [2.05, 4.69) is 10.6 Å². The molecule has 2 aliphatic rings. The molecule has 2 saturated carbocycles. The zero-order valence-corrected chi connectivity index (χ0v) is 13.5. The Hall–Kier alpha value is -0.810. The lowest BCUT2D eigenvalue weighted by Gasteiger charge is -2.31. The second kappa shape index (κ2) is 6.97. The van der Waals surface area contributed by atoms with Crippen LogP contribution < -0.4 is 10.6 Å². The number of amides is 1. The van der Waals surface area contributed by atoms with Crippen molar-refractivity contribution in [2.24, 2.45) is 5.92 Å². The minimum Gasteiger partial charge on any atom is -0.444 e. The monoisotopic (exact) mass is 298 g/mol. The Bertz CT molecular complexity index is 342. The molecule has 0 heterocycles. The summed E-state index contributed by atoms with van der Waals surface area (Å²) in [5.74, 6) is 0.673. The molecule has 0 radical (unpaired) electrons. The Morgan fingerprint density at radius 2 is 1.81 bits per heavy atom. The Labute approximate surface area is 127 Å². The third kappa shape index (κ3) is 6.22. The van der Waals surface area contributed by atoms with Crippen LogP contribution in [0.1, 0.15) is 59.3 Å². The third-order valence-electron chi connectivity index (χ3n) is 4.20. The van der Waals surface area contributed by atoms with Gasteiger partial charge in [0.2, 0.25) is 0 Å². The molecule has 5 heteroatoms. The van der Waals surface area contributed by atoms with Gasteiger partial charge in [0, 0.05) is 18.6 Å². The maximum absolute atomic E-state index is 11.7. The molecule has 1 atom stereocenters. The molecule has 122 valence electrons. The molecule has 21 heavy (non-hydrogen) atoms. The molecule has 0 aromatic carbocycles. The van der Waals surface area contributed by atoms with Gasteiger partial charge in [-0.05, 0) is 65.2 Å². The van der Waals surface area contributed by atoms with Crippen molar-refractivity contribution in [2.75, 3.05) is 6.54 Å². The van der Waals surface area contributed by atoms with Crippen molar-refractivity contribution in [2.45, 2.75) is 83.1 Å². The van der Waals surface area contributed by atoms with Crippen LogP contribution in [0, 0.1) is 5.92 Å². The van der Waals surface area contributed by atoms with Crippen LogP contribution in [-0.2, 0) is 4.74 Å². The number of hydrogen-bond acceptors (Lipinski definition) is 4. The SMILES string of the molecule is CC(C)(C)OC(=O)NCC(NC1CCC(O)CC1)C1CC1. The van der Waals surface area contributed by atoms with Crippen LogP contribution in [0.4, 0.5) is 4.79 Å². The smallest absolute Gasteiger partial charge is 0.407 e. The summed E-state index contributed by atoms with van der Waals surface area (Å²) in [7, 11) is 0. The Morgan fingerprint density at radius 3 is 2.33 bits per heavy atom. The molecule has 0 spiro atoms. The highest BCUT2D eigenvalue weighted by Gasteiger charge is 2.33. The Balaban J connectivity index is 1.73. The second-order valence-corrected chi connectivity index (χ2v) is 7.50. The standard InChI is InChI=1S/C16H30N2O3/c1-16(2,3)21-15(20)17-10-14(11-4-5-11)18-12-6-8-13(19)9-7-12/h11-14,18-19H,4-10H2,1-3H3,(H,17,20).